The van der Waals surface area contributed by atoms with Gasteiger partial charge in [0.05, 0.1) is 6.10 Å². The number of aliphatic hydroxyl groups excluding tert-OH is 1. The lowest BCUT2D eigenvalue weighted by Gasteiger charge is -2.20. The van der Waals surface area contributed by atoms with Crippen LogP contribution in [0.3, 0.4) is 0 Å². The molecule has 1 aromatic rings. The van der Waals surface area contributed by atoms with Crippen molar-refractivity contribution in [3.63, 3.8) is 0 Å². The van der Waals surface area contributed by atoms with Gasteiger partial charge in [0.15, 0.2) is 0 Å². The fourth-order valence-corrected chi connectivity index (χ4v) is 2.05. The van der Waals surface area contributed by atoms with Crippen molar-refractivity contribution in [1.29, 1.82) is 0 Å². The van der Waals surface area contributed by atoms with Gasteiger partial charge in [-0.1, -0.05) is 58.9 Å². The number of benzene rings is 1. The van der Waals surface area contributed by atoms with E-state index in [9.17, 15) is 5.11 Å². The minimum atomic E-state index is -0.183. The first-order valence-corrected chi connectivity index (χ1v) is 6.62. The van der Waals surface area contributed by atoms with E-state index >= 15 is 0 Å². The van der Waals surface area contributed by atoms with E-state index in [0.717, 1.165) is 12.8 Å². The van der Waals surface area contributed by atoms with Gasteiger partial charge in [-0.25, -0.2) is 0 Å². The highest BCUT2D eigenvalue weighted by Gasteiger charge is 2.15. The molecule has 0 aliphatic rings. The summed E-state index contributed by atoms with van der Waals surface area (Å²) in [6, 6.07) is 8.81. The zero-order valence-electron chi connectivity index (χ0n) is 11.8. The summed E-state index contributed by atoms with van der Waals surface area (Å²) in [7, 11) is 0. The maximum absolute atomic E-state index is 9.77. The summed E-state index contributed by atoms with van der Waals surface area (Å²) in [4.78, 5) is 0. The van der Waals surface area contributed by atoms with Gasteiger partial charge in [0, 0.05) is 0 Å². The predicted octanol–water partition coefficient (Wildman–Crippen LogP) is 3.93. The van der Waals surface area contributed by atoms with E-state index in [1.54, 1.807) is 0 Å². The molecule has 0 fully saturated rings. The molecular weight excluding hydrogens is 208 g/mol. The molecule has 0 amide bonds. The molecule has 0 radical (unpaired) electrons. The maximum Gasteiger partial charge on any atom is 0.0566 e. The minimum Gasteiger partial charge on any atom is -0.393 e. The average molecular weight is 234 g/mol. The lowest BCUT2D eigenvalue weighted by molar-refractivity contribution is 0.113. The Bertz CT molecular complexity index is 332. The first-order valence-electron chi connectivity index (χ1n) is 6.62. The van der Waals surface area contributed by atoms with E-state index in [2.05, 4.69) is 52.0 Å². The number of hydrogen-bond donors (Lipinski definition) is 1. The number of hydrogen-bond acceptors (Lipinski definition) is 1. The number of aliphatic hydroxyl groups is 1. The van der Waals surface area contributed by atoms with Gasteiger partial charge in [0.2, 0.25) is 0 Å². The van der Waals surface area contributed by atoms with Gasteiger partial charge in [-0.3, -0.25) is 0 Å². The third-order valence-corrected chi connectivity index (χ3v) is 3.45. The van der Waals surface area contributed by atoms with Gasteiger partial charge < -0.3 is 5.11 Å². The largest absolute Gasteiger partial charge is 0.393 e. The SMILES string of the molecule is CCC(O)C(C)Cc1ccc(C(C)(C)C)cc1. The molecule has 0 aliphatic heterocycles. The van der Waals surface area contributed by atoms with Crippen LogP contribution < -0.4 is 0 Å². The van der Waals surface area contributed by atoms with Crippen LogP contribution in [0, 0.1) is 5.92 Å². The quantitative estimate of drug-likeness (QED) is 0.837. The van der Waals surface area contributed by atoms with Crippen LogP contribution in [-0.4, -0.2) is 11.2 Å². The standard InChI is InChI=1S/C16H26O/c1-6-15(17)12(2)11-13-7-9-14(10-8-13)16(3,4)5/h7-10,12,15,17H,6,11H2,1-5H3. The molecule has 1 nitrogen and oxygen atoms in total. The highest BCUT2D eigenvalue weighted by molar-refractivity contribution is 5.27. The molecule has 0 aromatic heterocycles. The van der Waals surface area contributed by atoms with Crippen LogP contribution in [0.1, 0.15) is 52.2 Å². The molecule has 0 bridgehead atoms. The lowest BCUT2D eigenvalue weighted by Crippen LogP contribution is -2.18. The summed E-state index contributed by atoms with van der Waals surface area (Å²) < 4.78 is 0. The first-order chi connectivity index (χ1) is 7.84. The Kier molecular flexibility index (Phi) is 4.76. The van der Waals surface area contributed by atoms with Crippen molar-refractivity contribution in [3.8, 4) is 0 Å². The molecule has 0 heterocycles. The zero-order chi connectivity index (χ0) is 13.1. The van der Waals surface area contributed by atoms with Crippen LogP contribution >= 0.6 is 0 Å². The maximum atomic E-state index is 9.77. The van der Waals surface area contributed by atoms with Crippen molar-refractivity contribution in [2.75, 3.05) is 0 Å². The van der Waals surface area contributed by atoms with E-state index in [1.165, 1.54) is 11.1 Å². The van der Waals surface area contributed by atoms with Crippen molar-refractivity contribution < 1.29 is 5.11 Å². The number of rotatable bonds is 4. The molecule has 0 saturated carbocycles. The topological polar surface area (TPSA) is 20.2 Å². The van der Waals surface area contributed by atoms with Gasteiger partial charge >= 0.3 is 0 Å². The third-order valence-electron chi connectivity index (χ3n) is 3.45. The van der Waals surface area contributed by atoms with Gasteiger partial charge in [-0.05, 0) is 35.3 Å². The van der Waals surface area contributed by atoms with E-state index in [4.69, 9.17) is 0 Å². The van der Waals surface area contributed by atoms with Gasteiger partial charge in [-0.2, -0.15) is 0 Å². The summed E-state index contributed by atoms with van der Waals surface area (Å²) in [6.07, 6.45) is 1.61. The van der Waals surface area contributed by atoms with Crippen LogP contribution in [0.5, 0.6) is 0 Å². The molecule has 0 saturated heterocycles. The smallest absolute Gasteiger partial charge is 0.0566 e. The summed E-state index contributed by atoms with van der Waals surface area (Å²) in [5, 5.41) is 9.77. The zero-order valence-corrected chi connectivity index (χ0v) is 11.8. The predicted molar refractivity (Wildman–Crippen MR) is 74.3 cm³/mol. The lowest BCUT2D eigenvalue weighted by atomic mass is 9.85. The monoisotopic (exact) mass is 234 g/mol. The summed E-state index contributed by atoms with van der Waals surface area (Å²) in [6.45, 7) is 10.8. The minimum absolute atomic E-state index is 0.183. The Morgan fingerprint density at radius 3 is 2.06 bits per heavy atom. The van der Waals surface area contributed by atoms with Crippen LogP contribution in [0.2, 0.25) is 0 Å². The van der Waals surface area contributed by atoms with Crippen molar-refractivity contribution in [2.24, 2.45) is 5.92 Å². The Morgan fingerprint density at radius 2 is 1.65 bits per heavy atom. The molecule has 1 heteroatoms. The molecule has 0 spiro atoms. The third kappa shape index (κ3) is 4.16. The fourth-order valence-electron chi connectivity index (χ4n) is 2.05. The van der Waals surface area contributed by atoms with E-state index in [0.29, 0.717) is 5.92 Å². The average Bonchev–Trinajstić information content (AvgIpc) is 2.27. The molecule has 0 aliphatic carbocycles. The Hall–Kier alpha value is -0.820. The Morgan fingerprint density at radius 1 is 1.12 bits per heavy atom. The van der Waals surface area contributed by atoms with Gasteiger partial charge in [-0.15, -0.1) is 0 Å². The summed E-state index contributed by atoms with van der Waals surface area (Å²) in [5.41, 5.74) is 2.90. The molecule has 1 aromatic carbocycles. The summed E-state index contributed by atoms with van der Waals surface area (Å²) in [5.74, 6) is 0.334. The van der Waals surface area contributed by atoms with Crippen LogP contribution in [-0.2, 0) is 11.8 Å². The molecule has 2 atom stereocenters. The van der Waals surface area contributed by atoms with E-state index in [1.807, 2.05) is 6.92 Å². The highest BCUT2D eigenvalue weighted by atomic mass is 16.3. The van der Waals surface area contributed by atoms with Crippen molar-refractivity contribution in [1.82, 2.24) is 0 Å². The Balaban J connectivity index is 2.69. The normalized spacial score (nSPS) is 15.6. The molecule has 1 rings (SSSR count). The molecule has 2 unspecified atom stereocenters. The second-order valence-corrected chi connectivity index (χ2v) is 6.10. The van der Waals surface area contributed by atoms with Crippen molar-refractivity contribution >= 4 is 0 Å². The fraction of sp³-hybridized carbons (Fsp3) is 0.625. The molecular formula is C16H26O. The highest BCUT2D eigenvalue weighted by Crippen LogP contribution is 2.23. The van der Waals surface area contributed by atoms with Crippen LogP contribution in [0.15, 0.2) is 24.3 Å². The van der Waals surface area contributed by atoms with Crippen molar-refractivity contribution in [2.45, 2.75) is 59.0 Å². The second kappa shape index (κ2) is 5.68. The first kappa shape index (κ1) is 14.2. The second-order valence-electron chi connectivity index (χ2n) is 6.10. The van der Waals surface area contributed by atoms with Crippen LogP contribution in [0.4, 0.5) is 0 Å². The van der Waals surface area contributed by atoms with E-state index in [-0.39, 0.29) is 11.5 Å². The summed E-state index contributed by atoms with van der Waals surface area (Å²) >= 11 is 0. The Labute approximate surface area is 106 Å². The van der Waals surface area contributed by atoms with E-state index < -0.39 is 0 Å². The van der Waals surface area contributed by atoms with Gasteiger partial charge in [0.25, 0.3) is 0 Å². The molecule has 96 valence electrons. The van der Waals surface area contributed by atoms with Crippen LogP contribution in [0.25, 0.3) is 0 Å². The van der Waals surface area contributed by atoms with Gasteiger partial charge in [0.1, 0.15) is 0 Å². The van der Waals surface area contributed by atoms with Crippen molar-refractivity contribution in [3.05, 3.63) is 35.4 Å². The molecule has 1 N–H and O–H groups in total. The molecule has 17 heavy (non-hydrogen) atoms.